The maximum atomic E-state index is 12.6. The number of urea groups is 1. The fourth-order valence-corrected chi connectivity index (χ4v) is 3.60. The molecular formula is C19H20ClN3O6S. The standard InChI is InChI=1S/C19H20ClN3O6S/c1-21-19(26)22-18(25)17(13-6-4-3-5-7-13)29-16(24)12-23(2)30(27,28)15-10-8-14(20)9-11-15/h3-11,17H,12H2,1-2H3,(H2,21,22,25,26). The van der Waals surface area contributed by atoms with Crippen molar-refractivity contribution in [3.8, 4) is 0 Å². The second-order valence-corrected chi connectivity index (χ2v) is 8.55. The van der Waals surface area contributed by atoms with E-state index in [2.05, 4.69) is 5.32 Å². The average molecular weight is 454 g/mol. The highest BCUT2D eigenvalue weighted by atomic mass is 35.5. The largest absolute Gasteiger partial charge is 0.446 e. The number of halogens is 1. The summed E-state index contributed by atoms with van der Waals surface area (Å²) in [6, 6.07) is 12.7. The minimum Gasteiger partial charge on any atom is -0.446 e. The summed E-state index contributed by atoms with van der Waals surface area (Å²) < 4.78 is 31.2. The number of carbonyl (C=O) groups excluding carboxylic acids is 3. The van der Waals surface area contributed by atoms with Crippen LogP contribution < -0.4 is 10.6 Å². The Morgan fingerprint density at radius 3 is 2.23 bits per heavy atom. The molecule has 1 unspecified atom stereocenters. The van der Waals surface area contributed by atoms with E-state index in [1.807, 2.05) is 5.32 Å². The molecule has 0 spiro atoms. The number of nitrogens with zero attached hydrogens (tertiary/aromatic N) is 1. The van der Waals surface area contributed by atoms with Crippen molar-refractivity contribution in [2.75, 3.05) is 20.6 Å². The number of benzene rings is 2. The van der Waals surface area contributed by atoms with Gasteiger partial charge in [0.25, 0.3) is 5.91 Å². The average Bonchev–Trinajstić information content (AvgIpc) is 2.72. The van der Waals surface area contributed by atoms with Crippen molar-refractivity contribution < 1.29 is 27.5 Å². The second kappa shape index (κ2) is 10.2. The summed E-state index contributed by atoms with van der Waals surface area (Å²) in [5.74, 6) is -1.85. The Morgan fingerprint density at radius 2 is 1.67 bits per heavy atom. The molecule has 0 saturated heterocycles. The molecule has 160 valence electrons. The van der Waals surface area contributed by atoms with Crippen molar-refractivity contribution in [3.63, 3.8) is 0 Å². The van der Waals surface area contributed by atoms with Crippen LogP contribution in [0.25, 0.3) is 0 Å². The number of ether oxygens (including phenoxy) is 1. The third kappa shape index (κ3) is 6.02. The van der Waals surface area contributed by atoms with E-state index in [4.69, 9.17) is 16.3 Å². The SMILES string of the molecule is CNC(=O)NC(=O)C(OC(=O)CN(C)S(=O)(=O)c1ccc(Cl)cc1)c1ccccc1. The van der Waals surface area contributed by atoms with Gasteiger partial charge in [0.1, 0.15) is 6.54 Å². The van der Waals surface area contributed by atoms with Crippen LogP contribution in [0.15, 0.2) is 59.5 Å². The lowest BCUT2D eigenvalue weighted by molar-refractivity contribution is -0.156. The summed E-state index contributed by atoms with van der Waals surface area (Å²) in [4.78, 5) is 36.2. The van der Waals surface area contributed by atoms with Gasteiger partial charge in [0.05, 0.1) is 4.90 Å². The molecule has 2 rings (SSSR count). The van der Waals surface area contributed by atoms with Gasteiger partial charge in [-0.3, -0.25) is 14.9 Å². The smallest absolute Gasteiger partial charge is 0.322 e. The highest BCUT2D eigenvalue weighted by Gasteiger charge is 2.29. The van der Waals surface area contributed by atoms with Crippen LogP contribution in [-0.2, 0) is 24.3 Å². The predicted molar refractivity (Wildman–Crippen MR) is 109 cm³/mol. The van der Waals surface area contributed by atoms with Gasteiger partial charge in [-0.1, -0.05) is 41.9 Å². The Hall–Kier alpha value is -2.95. The van der Waals surface area contributed by atoms with Crippen molar-refractivity contribution in [2.24, 2.45) is 0 Å². The first-order valence-corrected chi connectivity index (χ1v) is 10.5. The fraction of sp³-hybridized carbons (Fsp3) is 0.211. The van der Waals surface area contributed by atoms with Crippen LogP contribution in [0.3, 0.4) is 0 Å². The number of rotatable bonds is 7. The number of carbonyl (C=O) groups is 3. The lowest BCUT2D eigenvalue weighted by Crippen LogP contribution is -2.42. The number of imide groups is 1. The van der Waals surface area contributed by atoms with Crippen LogP contribution in [-0.4, -0.2) is 51.3 Å². The van der Waals surface area contributed by atoms with Crippen LogP contribution >= 0.6 is 11.6 Å². The predicted octanol–water partition coefficient (Wildman–Crippen LogP) is 1.70. The fourth-order valence-electron chi connectivity index (χ4n) is 2.36. The van der Waals surface area contributed by atoms with Gasteiger partial charge in [0.15, 0.2) is 0 Å². The highest BCUT2D eigenvalue weighted by molar-refractivity contribution is 7.89. The Labute approximate surface area is 179 Å². The maximum absolute atomic E-state index is 12.6. The molecular weight excluding hydrogens is 434 g/mol. The van der Waals surface area contributed by atoms with Gasteiger partial charge in [-0.15, -0.1) is 0 Å². The molecule has 3 amide bonds. The van der Waals surface area contributed by atoms with Gasteiger partial charge in [-0.25, -0.2) is 13.2 Å². The van der Waals surface area contributed by atoms with E-state index < -0.39 is 40.6 Å². The normalized spacial score (nSPS) is 12.1. The van der Waals surface area contributed by atoms with Gasteiger partial charge >= 0.3 is 12.0 Å². The van der Waals surface area contributed by atoms with Crippen molar-refractivity contribution in [3.05, 3.63) is 65.2 Å². The van der Waals surface area contributed by atoms with Crippen molar-refractivity contribution >= 4 is 39.5 Å². The first-order chi connectivity index (χ1) is 14.1. The van der Waals surface area contributed by atoms with Gasteiger partial charge in [0.2, 0.25) is 16.1 Å². The summed E-state index contributed by atoms with van der Waals surface area (Å²) in [5, 5.41) is 4.62. The molecule has 0 aliphatic heterocycles. The number of nitrogens with one attached hydrogen (secondary N) is 2. The van der Waals surface area contributed by atoms with E-state index in [1.165, 1.54) is 50.5 Å². The molecule has 2 aromatic carbocycles. The Bertz CT molecular complexity index is 1010. The monoisotopic (exact) mass is 453 g/mol. The van der Waals surface area contributed by atoms with Crippen LogP contribution in [0, 0.1) is 0 Å². The lowest BCUT2D eigenvalue weighted by Gasteiger charge is -2.20. The Morgan fingerprint density at radius 1 is 1.07 bits per heavy atom. The van der Waals surface area contributed by atoms with Gasteiger partial charge in [-0.05, 0) is 24.3 Å². The third-order valence-corrected chi connectivity index (χ3v) is 6.00. The van der Waals surface area contributed by atoms with E-state index in [-0.39, 0.29) is 4.90 Å². The number of amides is 3. The molecule has 11 heteroatoms. The molecule has 0 bridgehead atoms. The number of hydrogen-bond acceptors (Lipinski definition) is 6. The maximum Gasteiger partial charge on any atom is 0.322 e. The highest BCUT2D eigenvalue weighted by Crippen LogP contribution is 2.20. The minimum absolute atomic E-state index is 0.0563. The molecule has 0 aromatic heterocycles. The summed E-state index contributed by atoms with van der Waals surface area (Å²) in [7, 11) is -1.46. The first kappa shape index (κ1) is 23.3. The number of hydrogen-bond donors (Lipinski definition) is 2. The van der Waals surface area contributed by atoms with E-state index in [9.17, 15) is 22.8 Å². The number of sulfonamides is 1. The topological polar surface area (TPSA) is 122 Å². The summed E-state index contributed by atoms with van der Waals surface area (Å²) >= 11 is 5.77. The zero-order chi connectivity index (χ0) is 22.3. The summed E-state index contributed by atoms with van der Waals surface area (Å²) in [5.41, 5.74) is 0.315. The molecule has 0 radical (unpaired) electrons. The molecule has 0 fully saturated rings. The van der Waals surface area contributed by atoms with Crippen molar-refractivity contribution in [2.45, 2.75) is 11.0 Å². The van der Waals surface area contributed by atoms with Crippen LogP contribution in [0.1, 0.15) is 11.7 Å². The summed E-state index contributed by atoms with van der Waals surface area (Å²) in [6.07, 6.45) is -1.44. The van der Waals surface area contributed by atoms with E-state index in [1.54, 1.807) is 18.2 Å². The molecule has 30 heavy (non-hydrogen) atoms. The van der Waals surface area contributed by atoms with E-state index in [0.717, 1.165) is 4.31 Å². The molecule has 9 nitrogen and oxygen atoms in total. The molecule has 1 atom stereocenters. The van der Waals surface area contributed by atoms with Gasteiger partial charge < -0.3 is 10.1 Å². The third-order valence-electron chi connectivity index (χ3n) is 3.93. The minimum atomic E-state index is -3.99. The molecule has 2 N–H and O–H groups in total. The first-order valence-electron chi connectivity index (χ1n) is 8.64. The lowest BCUT2D eigenvalue weighted by atomic mass is 10.1. The van der Waals surface area contributed by atoms with Crippen LogP contribution in [0.4, 0.5) is 4.79 Å². The molecule has 0 heterocycles. The number of likely N-dealkylation sites (N-methyl/N-ethyl adjacent to an activating group) is 1. The van der Waals surface area contributed by atoms with Gasteiger partial charge in [0, 0.05) is 24.7 Å². The summed E-state index contributed by atoms with van der Waals surface area (Å²) in [6.45, 7) is -0.651. The van der Waals surface area contributed by atoms with Crippen LogP contribution in [0.2, 0.25) is 5.02 Å². The second-order valence-electron chi connectivity index (χ2n) is 6.06. The van der Waals surface area contributed by atoms with Gasteiger partial charge in [-0.2, -0.15) is 4.31 Å². The zero-order valence-electron chi connectivity index (χ0n) is 16.2. The van der Waals surface area contributed by atoms with E-state index in [0.29, 0.717) is 10.6 Å². The van der Waals surface area contributed by atoms with Crippen LogP contribution in [0.5, 0.6) is 0 Å². The molecule has 2 aromatic rings. The Balaban J connectivity index is 2.15. The number of esters is 1. The molecule has 0 aliphatic carbocycles. The quantitative estimate of drug-likeness (QED) is 0.615. The van der Waals surface area contributed by atoms with Crippen molar-refractivity contribution in [1.29, 1.82) is 0 Å². The Kier molecular flexibility index (Phi) is 7.93. The molecule has 0 aliphatic rings. The zero-order valence-corrected chi connectivity index (χ0v) is 17.7. The molecule has 0 saturated carbocycles. The van der Waals surface area contributed by atoms with Crippen molar-refractivity contribution in [1.82, 2.24) is 14.9 Å². The van der Waals surface area contributed by atoms with E-state index >= 15 is 0 Å².